The van der Waals surface area contributed by atoms with Gasteiger partial charge >= 0.3 is 12.1 Å². The number of methoxy groups -OCH3 is 2. The number of carbonyl (C=O) groups excluding carboxylic acids is 3. The summed E-state index contributed by atoms with van der Waals surface area (Å²) in [4.78, 5) is 39.3. The van der Waals surface area contributed by atoms with Gasteiger partial charge in [0.2, 0.25) is 5.91 Å². The molecule has 1 saturated heterocycles. The lowest BCUT2D eigenvalue weighted by molar-refractivity contribution is -0.138. The zero-order valence-corrected chi connectivity index (χ0v) is 21.1. The molecule has 192 valence electrons. The van der Waals surface area contributed by atoms with E-state index in [9.17, 15) is 14.4 Å². The highest BCUT2D eigenvalue weighted by atomic mass is 16.5. The van der Waals surface area contributed by atoms with Crippen molar-refractivity contribution in [3.05, 3.63) is 23.8 Å². The summed E-state index contributed by atoms with van der Waals surface area (Å²) in [5.74, 6) is 1.08. The molecule has 0 unspecified atom stereocenters. The molecule has 35 heavy (non-hydrogen) atoms. The Morgan fingerprint density at radius 3 is 2.54 bits per heavy atom. The van der Waals surface area contributed by atoms with Crippen LogP contribution in [0.1, 0.15) is 70.3 Å². The van der Waals surface area contributed by atoms with Crippen molar-refractivity contribution in [3.8, 4) is 11.5 Å². The van der Waals surface area contributed by atoms with Crippen LogP contribution in [-0.2, 0) is 11.3 Å². The van der Waals surface area contributed by atoms with Crippen LogP contribution in [-0.4, -0.2) is 55.2 Å². The third-order valence-electron chi connectivity index (χ3n) is 7.85. The summed E-state index contributed by atoms with van der Waals surface area (Å²) in [6.45, 7) is 2.97. The van der Waals surface area contributed by atoms with Crippen molar-refractivity contribution in [1.82, 2.24) is 20.9 Å². The number of rotatable bonds is 8. The summed E-state index contributed by atoms with van der Waals surface area (Å²) < 4.78 is 10.7. The predicted octanol–water partition coefficient (Wildman–Crippen LogP) is 3.71. The van der Waals surface area contributed by atoms with Crippen molar-refractivity contribution in [3.63, 3.8) is 0 Å². The molecule has 2 spiro atoms. The first kappa shape index (κ1) is 25.1. The van der Waals surface area contributed by atoms with Gasteiger partial charge in [-0.25, -0.2) is 9.59 Å². The van der Waals surface area contributed by atoms with Crippen LogP contribution < -0.4 is 25.4 Å². The minimum Gasteiger partial charge on any atom is -0.497 e. The van der Waals surface area contributed by atoms with Crippen LogP contribution in [0.15, 0.2) is 18.2 Å². The fourth-order valence-corrected chi connectivity index (χ4v) is 6.09. The molecule has 0 aromatic heterocycles. The maximum atomic E-state index is 13.0. The highest BCUT2D eigenvalue weighted by molar-refractivity contribution is 5.98. The molecule has 1 aliphatic heterocycles. The molecule has 2 aliphatic carbocycles. The molecule has 3 N–H and O–H groups in total. The van der Waals surface area contributed by atoms with Crippen LogP contribution in [0.3, 0.4) is 0 Å². The number of nitrogens with one attached hydrogen (secondary N) is 3. The standard InChI is InChI=1S/C26H38N4O5/c1-4-5-12-27-23(32)28-19-8-10-25(11-9-19)16-26(17-25)14-22(31)30(24(33)29-26)15-18-6-7-20(34-2)13-21(18)35-3/h6-7,13,19H,4-5,8-12,14-17H2,1-3H3,(H,29,33)(H2,27,28,32). The van der Waals surface area contributed by atoms with E-state index in [0.29, 0.717) is 24.5 Å². The zero-order valence-electron chi connectivity index (χ0n) is 21.1. The SMILES string of the molecule is CCCCNC(=O)NC1CCC2(CC1)CC1(CC(=O)N(Cc3ccc(OC)cc3OC)C(=O)N1)C2. The van der Waals surface area contributed by atoms with Crippen molar-refractivity contribution >= 4 is 18.0 Å². The number of hydrogen-bond acceptors (Lipinski definition) is 5. The van der Waals surface area contributed by atoms with Gasteiger partial charge in [-0.15, -0.1) is 0 Å². The highest BCUT2D eigenvalue weighted by Gasteiger charge is 2.59. The highest BCUT2D eigenvalue weighted by Crippen LogP contribution is 2.58. The number of amides is 5. The van der Waals surface area contributed by atoms with Crippen LogP contribution >= 0.6 is 0 Å². The predicted molar refractivity (Wildman–Crippen MR) is 131 cm³/mol. The van der Waals surface area contributed by atoms with E-state index in [1.54, 1.807) is 26.4 Å². The summed E-state index contributed by atoms with van der Waals surface area (Å²) in [7, 11) is 3.14. The van der Waals surface area contributed by atoms with E-state index in [1.807, 2.05) is 6.07 Å². The zero-order chi connectivity index (χ0) is 25.1. The van der Waals surface area contributed by atoms with Crippen molar-refractivity contribution < 1.29 is 23.9 Å². The van der Waals surface area contributed by atoms with Crippen molar-refractivity contribution in [2.45, 2.75) is 82.8 Å². The molecule has 1 aromatic carbocycles. The van der Waals surface area contributed by atoms with Crippen LogP contribution in [0.25, 0.3) is 0 Å². The van der Waals surface area contributed by atoms with Crippen molar-refractivity contribution in [1.29, 1.82) is 0 Å². The molecule has 3 fully saturated rings. The van der Waals surface area contributed by atoms with E-state index in [1.165, 1.54) is 4.90 Å². The number of imide groups is 1. The second-order valence-corrected chi connectivity index (χ2v) is 10.4. The van der Waals surface area contributed by atoms with E-state index in [2.05, 4.69) is 22.9 Å². The average Bonchev–Trinajstić information content (AvgIpc) is 2.82. The number of unbranched alkanes of at least 4 members (excludes halogenated alkanes) is 1. The van der Waals surface area contributed by atoms with Gasteiger partial charge in [0.05, 0.1) is 32.7 Å². The van der Waals surface area contributed by atoms with Gasteiger partial charge < -0.3 is 25.4 Å². The van der Waals surface area contributed by atoms with E-state index < -0.39 is 5.54 Å². The Hall–Kier alpha value is -2.97. The number of urea groups is 2. The molecular formula is C26H38N4O5. The molecule has 3 aliphatic rings. The fourth-order valence-electron chi connectivity index (χ4n) is 6.09. The average molecular weight is 487 g/mol. The first-order valence-corrected chi connectivity index (χ1v) is 12.7. The number of benzene rings is 1. The van der Waals surface area contributed by atoms with Crippen LogP contribution in [0.5, 0.6) is 11.5 Å². The topological polar surface area (TPSA) is 109 Å². The second-order valence-electron chi connectivity index (χ2n) is 10.4. The summed E-state index contributed by atoms with van der Waals surface area (Å²) in [5, 5.41) is 9.17. The van der Waals surface area contributed by atoms with Crippen molar-refractivity contribution in [2.75, 3.05) is 20.8 Å². The second kappa shape index (κ2) is 10.3. The third kappa shape index (κ3) is 5.49. The lowest BCUT2D eigenvalue weighted by Gasteiger charge is -2.60. The van der Waals surface area contributed by atoms with Crippen LogP contribution in [0, 0.1) is 5.41 Å². The van der Waals surface area contributed by atoms with Gasteiger partial charge in [-0.05, 0) is 62.5 Å². The molecule has 9 nitrogen and oxygen atoms in total. The molecule has 4 rings (SSSR count). The monoisotopic (exact) mass is 486 g/mol. The molecule has 1 aromatic rings. The molecule has 0 atom stereocenters. The summed E-state index contributed by atoms with van der Waals surface area (Å²) in [5.41, 5.74) is 0.473. The summed E-state index contributed by atoms with van der Waals surface area (Å²) >= 11 is 0. The molecule has 5 amide bonds. The molecule has 9 heteroatoms. The quantitative estimate of drug-likeness (QED) is 0.486. The van der Waals surface area contributed by atoms with Gasteiger partial charge in [-0.3, -0.25) is 9.69 Å². The normalized spacial score (nSPS) is 27.9. The largest absolute Gasteiger partial charge is 0.497 e. The minimum atomic E-state index is -0.438. The van der Waals surface area contributed by atoms with Crippen LogP contribution in [0.4, 0.5) is 9.59 Å². The minimum absolute atomic E-state index is 0.0804. The van der Waals surface area contributed by atoms with Gasteiger partial charge in [0.25, 0.3) is 0 Å². The molecule has 0 bridgehead atoms. The third-order valence-corrected chi connectivity index (χ3v) is 7.85. The number of carbonyl (C=O) groups is 3. The van der Waals surface area contributed by atoms with E-state index in [0.717, 1.165) is 56.9 Å². The van der Waals surface area contributed by atoms with Gasteiger partial charge in [-0.2, -0.15) is 0 Å². The molecular weight excluding hydrogens is 448 g/mol. The van der Waals surface area contributed by atoms with Gasteiger partial charge in [0.1, 0.15) is 11.5 Å². The van der Waals surface area contributed by atoms with Gasteiger partial charge in [0.15, 0.2) is 0 Å². The number of nitrogens with zero attached hydrogens (tertiary/aromatic N) is 1. The van der Waals surface area contributed by atoms with Crippen LogP contribution in [0.2, 0.25) is 0 Å². The van der Waals surface area contributed by atoms with Crippen molar-refractivity contribution in [2.24, 2.45) is 5.41 Å². The Balaban J connectivity index is 1.28. The van der Waals surface area contributed by atoms with E-state index >= 15 is 0 Å². The number of ether oxygens (including phenoxy) is 2. The maximum Gasteiger partial charge on any atom is 0.324 e. The van der Waals surface area contributed by atoms with E-state index in [4.69, 9.17) is 9.47 Å². The smallest absolute Gasteiger partial charge is 0.324 e. The molecule has 2 saturated carbocycles. The first-order valence-electron chi connectivity index (χ1n) is 12.7. The summed E-state index contributed by atoms with van der Waals surface area (Å²) in [6, 6.07) is 5.13. The molecule has 1 heterocycles. The van der Waals surface area contributed by atoms with E-state index in [-0.39, 0.29) is 36.0 Å². The Morgan fingerprint density at radius 2 is 1.91 bits per heavy atom. The lowest BCUT2D eigenvalue weighted by Crippen LogP contribution is -2.70. The lowest BCUT2D eigenvalue weighted by atomic mass is 9.50. The summed E-state index contributed by atoms with van der Waals surface area (Å²) in [6.07, 6.45) is 7.89. The maximum absolute atomic E-state index is 13.0. The molecule has 0 radical (unpaired) electrons. The Kier molecular flexibility index (Phi) is 7.42. The first-order chi connectivity index (χ1) is 16.8. The Labute approximate surface area is 207 Å². The Morgan fingerprint density at radius 1 is 1.17 bits per heavy atom. The fraction of sp³-hybridized carbons (Fsp3) is 0.654. The number of hydrogen-bond donors (Lipinski definition) is 3. The van der Waals surface area contributed by atoms with Gasteiger partial charge in [-0.1, -0.05) is 13.3 Å². The van der Waals surface area contributed by atoms with Gasteiger partial charge in [0, 0.05) is 24.2 Å². The Bertz CT molecular complexity index is 929.